The van der Waals surface area contributed by atoms with Crippen molar-refractivity contribution in [1.82, 2.24) is 0 Å². The van der Waals surface area contributed by atoms with Crippen LogP contribution in [0, 0.1) is 6.92 Å². The van der Waals surface area contributed by atoms with Gasteiger partial charge in [-0.25, -0.2) is 8.42 Å². The van der Waals surface area contributed by atoms with Gasteiger partial charge in [0.2, 0.25) is 0 Å². The molecule has 3 rings (SSSR count). The molecule has 0 aliphatic heterocycles. The van der Waals surface area contributed by atoms with E-state index in [1.54, 1.807) is 42.5 Å². The minimum absolute atomic E-state index is 0.000429. The number of amides is 1. The van der Waals surface area contributed by atoms with E-state index >= 15 is 0 Å². The van der Waals surface area contributed by atoms with Crippen LogP contribution < -0.4 is 10.0 Å². The van der Waals surface area contributed by atoms with Gasteiger partial charge in [0.05, 0.1) is 15.6 Å². The Morgan fingerprint density at radius 1 is 0.857 bits per heavy atom. The summed E-state index contributed by atoms with van der Waals surface area (Å²) in [5.74, 6) is -0.542. The summed E-state index contributed by atoms with van der Waals surface area (Å²) in [6, 6.07) is 18.1. The molecule has 3 aromatic carbocycles. The van der Waals surface area contributed by atoms with Crippen LogP contribution in [0.1, 0.15) is 15.9 Å². The minimum Gasteiger partial charge on any atom is -0.322 e. The minimum atomic E-state index is -4.03. The van der Waals surface area contributed by atoms with Gasteiger partial charge in [-0.15, -0.1) is 0 Å². The molecule has 5 nitrogen and oxygen atoms in total. The quantitative estimate of drug-likeness (QED) is 0.567. The second-order valence-electron chi connectivity index (χ2n) is 6.06. The van der Waals surface area contributed by atoms with Gasteiger partial charge in [0, 0.05) is 11.4 Å². The number of anilines is 2. The molecule has 0 saturated carbocycles. The van der Waals surface area contributed by atoms with Gasteiger partial charge in [-0.3, -0.25) is 9.52 Å². The molecule has 0 saturated heterocycles. The number of carbonyl (C=O) groups excluding carboxylic acids is 1. The molecule has 1 amide bonds. The van der Waals surface area contributed by atoms with Crippen molar-refractivity contribution < 1.29 is 13.2 Å². The number of para-hydroxylation sites is 1. The molecule has 28 heavy (non-hydrogen) atoms. The van der Waals surface area contributed by atoms with E-state index in [1.165, 1.54) is 12.1 Å². The Labute approximate surface area is 173 Å². The summed E-state index contributed by atoms with van der Waals surface area (Å²) in [7, 11) is -4.03. The maximum atomic E-state index is 12.8. The highest BCUT2D eigenvalue weighted by Crippen LogP contribution is 2.30. The van der Waals surface area contributed by atoms with Crippen molar-refractivity contribution in [2.45, 2.75) is 11.8 Å². The molecule has 144 valence electrons. The van der Waals surface area contributed by atoms with Gasteiger partial charge in [0.1, 0.15) is 4.90 Å². The second kappa shape index (κ2) is 8.22. The molecular formula is C20H16Cl2N2O3S. The van der Waals surface area contributed by atoms with Crippen molar-refractivity contribution in [1.29, 1.82) is 0 Å². The molecule has 0 atom stereocenters. The van der Waals surface area contributed by atoms with E-state index < -0.39 is 15.9 Å². The second-order valence-corrected chi connectivity index (χ2v) is 8.52. The lowest BCUT2D eigenvalue weighted by molar-refractivity contribution is 0.102. The van der Waals surface area contributed by atoms with E-state index in [9.17, 15) is 13.2 Å². The number of hydrogen-bond acceptors (Lipinski definition) is 3. The molecular weight excluding hydrogens is 419 g/mol. The van der Waals surface area contributed by atoms with Gasteiger partial charge in [-0.2, -0.15) is 0 Å². The van der Waals surface area contributed by atoms with Crippen molar-refractivity contribution in [3.8, 4) is 0 Å². The lowest BCUT2D eigenvalue weighted by Crippen LogP contribution is -2.17. The first kappa shape index (κ1) is 20.2. The van der Waals surface area contributed by atoms with Crippen molar-refractivity contribution in [2.75, 3.05) is 10.0 Å². The van der Waals surface area contributed by atoms with Gasteiger partial charge < -0.3 is 5.32 Å². The average Bonchev–Trinajstić information content (AvgIpc) is 2.61. The zero-order valence-corrected chi connectivity index (χ0v) is 17.1. The van der Waals surface area contributed by atoms with Gasteiger partial charge >= 0.3 is 0 Å². The molecule has 0 aliphatic carbocycles. The largest absolute Gasteiger partial charge is 0.322 e. The third kappa shape index (κ3) is 4.65. The molecule has 3 aromatic rings. The summed E-state index contributed by atoms with van der Waals surface area (Å²) in [6.45, 7) is 1.85. The van der Waals surface area contributed by atoms with Gasteiger partial charge in [0.25, 0.3) is 15.9 Å². The smallest absolute Gasteiger partial charge is 0.263 e. The topological polar surface area (TPSA) is 75.3 Å². The zero-order valence-electron chi connectivity index (χ0n) is 14.7. The number of rotatable bonds is 5. The summed E-state index contributed by atoms with van der Waals surface area (Å²) in [5, 5.41) is 2.64. The molecule has 8 heteroatoms. The number of hydrogen-bond donors (Lipinski definition) is 2. The van der Waals surface area contributed by atoms with Gasteiger partial charge in [-0.05, 0) is 48.9 Å². The summed E-state index contributed by atoms with van der Waals surface area (Å²) in [4.78, 5) is 12.3. The van der Waals surface area contributed by atoms with Crippen LogP contribution in [0.5, 0.6) is 0 Å². The van der Waals surface area contributed by atoms with Crippen LogP contribution in [-0.2, 0) is 10.0 Å². The van der Waals surface area contributed by atoms with E-state index in [0.717, 1.165) is 5.56 Å². The Balaban J connectivity index is 1.95. The third-order valence-electron chi connectivity index (χ3n) is 3.86. The van der Waals surface area contributed by atoms with Crippen LogP contribution in [0.2, 0.25) is 10.0 Å². The molecule has 0 radical (unpaired) electrons. The fourth-order valence-electron chi connectivity index (χ4n) is 2.55. The molecule has 0 fully saturated rings. The van der Waals surface area contributed by atoms with Crippen LogP contribution in [0.15, 0.2) is 71.6 Å². The Morgan fingerprint density at radius 3 is 2.21 bits per heavy atom. The molecule has 0 heterocycles. The normalized spacial score (nSPS) is 11.1. The highest BCUT2D eigenvalue weighted by Gasteiger charge is 2.23. The standard InChI is InChI=1S/C20H16Cl2N2O3S/c1-13-6-5-9-15(10-13)24-28(26,27)19-11-16(17(21)12-18(19)22)20(25)23-14-7-3-2-4-8-14/h2-12,24H,1H3,(H,23,25). The highest BCUT2D eigenvalue weighted by atomic mass is 35.5. The van der Waals surface area contributed by atoms with Crippen molar-refractivity contribution in [3.05, 3.63) is 87.9 Å². The predicted molar refractivity (Wildman–Crippen MR) is 113 cm³/mol. The fraction of sp³-hybridized carbons (Fsp3) is 0.0500. The summed E-state index contributed by atoms with van der Waals surface area (Å²) in [6.07, 6.45) is 0. The maximum Gasteiger partial charge on any atom is 0.263 e. The number of halogens is 2. The fourth-order valence-corrected chi connectivity index (χ4v) is 4.46. The van der Waals surface area contributed by atoms with Crippen molar-refractivity contribution >= 4 is 50.5 Å². The van der Waals surface area contributed by atoms with Crippen LogP contribution in [-0.4, -0.2) is 14.3 Å². The molecule has 0 aromatic heterocycles. The Morgan fingerprint density at radius 2 is 1.54 bits per heavy atom. The summed E-state index contributed by atoms with van der Waals surface area (Å²) in [5.41, 5.74) is 1.84. The molecule has 0 bridgehead atoms. The first-order valence-electron chi connectivity index (χ1n) is 8.21. The van der Waals surface area contributed by atoms with Gasteiger partial charge in [0.15, 0.2) is 0 Å². The van der Waals surface area contributed by atoms with Crippen molar-refractivity contribution in [2.24, 2.45) is 0 Å². The van der Waals surface area contributed by atoms with Crippen molar-refractivity contribution in [3.63, 3.8) is 0 Å². The molecule has 0 unspecified atom stereocenters. The lowest BCUT2D eigenvalue weighted by Gasteiger charge is -2.13. The average molecular weight is 435 g/mol. The van der Waals surface area contributed by atoms with Crippen LogP contribution in [0.25, 0.3) is 0 Å². The van der Waals surface area contributed by atoms with E-state index in [-0.39, 0.29) is 20.5 Å². The molecule has 0 aliphatic rings. The first-order chi connectivity index (χ1) is 13.3. The molecule has 0 spiro atoms. The van der Waals surface area contributed by atoms with E-state index in [0.29, 0.717) is 11.4 Å². The van der Waals surface area contributed by atoms with E-state index in [1.807, 2.05) is 19.1 Å². The SMILES string of the molecule is Cc1cccc(NS(=O)(=O)c2cc(C(=O)Nc3ccccc3)c(Cl)cc2Cl)c1. The van der Waals surface area contributed by atoms with Crippen LogP contribution in [0.3, 0.4) is 0 Å². The monoisotopic (exact) mass is 434 g/mol. The Bertz CT molecular complexity index is 1130. The Hall–Kier alpha value is -2.54. The summed E-state index contributed by atoms with van der Waals surface area (Å²) >= 11 is 12.2. The van der Waals surface area contributed by atoms with E-state index in [4.69, 9.17) is 23.2 Å². The van der Waals surface area contributed by atoms with Gasteiger partial charge in [-0.1, -0.05) is 53.5 Å². The molecule has 2 N–H and O–H groups in total. The zero-order chi connectivity index (χ0) is 20.3. The van der Waals surface area contributed by atoms with Crippen LogP contribution >= 0.6 is 23.2 Å². The van der Waals surface area contributed by atoms with E-state index in [2.05, 4.69) is 10.0 Å². The number of nitrogens with one attached hydrogen (secondary N) is 2. The number of benzene rings is 3. The number of carbonyl (C=O) groups is 1. The number of sulfonamides is 1. The predicted octanol–water partition coefficient (Wildman–Crippen LogP) is 5.35. The number of aryl methyl sites for hydroxylation is 1. The summed E-state index contributed by atoms with van der Waals surface area (Å²) < 4.78 is 28.1. The van der Waals surface area contributed by atoms with Crippen LogP contribution in [0.4, 0.5) is 11.4 Å². The Kier molecular flexibility index (Phi) is 5.93. The first-order valence-corrected chi connectivity index (χ1v) is 10.4. The highest BCUT2D eigenvalue weighted by molar-refractivity contribution is 7.92. The lowest BCUT2D eigenvalue weighted by atomic mass is 10.2. The maximum absolute atomic E-state index is 12.8. The third-order valence-corrected chi connectivity index (χ3v) is 6.02.